The van der Waals surface area contributed by atoms with Gasteiger partial charge in [0.05, 0.1) is 6.04 Å². The van der Waals surface area contributed by atoms with E-state index in [1.54, 1.807) is 0 Å². The molecule has 0 aromatic heterocycles. The molecule has 0 bridgehead atoms. The number of fused-ring (bicyclic) bond motifs is 1. The van der Waals surface area contributed by atoms with Gasteiger partial charge in [-0.1, -0.05) is 44.9 Å². The third-order valence-corrected chi connectivity index (χ3v) is 5.39. The SMILES string of the molecule is CC1CCCC(NC2c3ccccc3OC2(C)C)C1C. The van der Waals surface area contributed by atoms with Gasteiger partial charge in [-0.05, 0) is 38.2 Å². The van der Waals surface area contributed by atoms with Gasteiger partial charge in [0.15, 0.2) is 0 Å². The summed E-state index contributed by atoms with van der Waals surface area (Å²) in [5, 5.41) is 3.92. The van der Waals surface area contributed by atoms with E-state index in [9.17, 15) is 0 Å². The molecule has 1 aliphatic carbocycles. The Morgan fingerprint density at radius 2 is 1.90 bits per heavy atom. The van der Waals surface area contributed by atoms with Gasteiger partial charge in [-0.15, -0.1) is 0 Å². The fraction of sp³-hybridized carbons (Fsp3) is 0.667. The average Bonchev–Trinajstić information content (AvgIpc) is 2.66. The minimum absolute atomic E-state index is 0.163. The normalized spacial score (nSPS) is 35.4. The summed E-state index contributed by atoms with van der Waals surface area (Å²) in [5.41, 5.74) is 1.16. The van der Waals surface area contributed by atoms with Crippen LogP contribution in [0.15, 0.2) is 24.3 Å². The van der Waals surface area contributed by atoms with E-state index < -0.39 is 0 Å². The molecule has 1 aromatic carbocycles. The summed E-state index contributed by atoms with van der Waals surface area (Å²) >= 11 is 0. The number of nitrogens with one attached hydrogen (secondary N) is 1. The molecule has 110 valence electrons. The zero-order valence-corrected chi connectivity index (χ0v) is 13.1. The van der Waals surface area contributed by atoms with Crippen molar-refractivity contribution in [3.63, 3.8) is 0 Å². The summed E-state index contributed by atoms with van der Waals surface area (Å²) < 4.78 is 6.15. The van der Waals surface area contributed by atoms with Crippen LogP contribution >= 0.6 is 0 Å². The Labute approximate surface area is 122 Å². The molecule has 1 saturated carbocycles. The van der Waals surface area contributed by atoms with Gasteiger partial charge in [-0.3, -0.25) is 0 Å². The minimum Gasteiger partial charge on any atom is -0.486 e. The van der Waals surface area contributed by atoms with Gasteiger partial charge in [-0.2, -0.15) is 0 Å². The number of hydrogen-bond acceptors (Lipinski definition) is 2. The van der Waals surface area contributed by atoms with Crippen LogP contribution in [0.2, 0.25) is 0 Å². The molecular weight excluding hydrogens is 246 g/mol. The Hall–Kier alpha value is -1.02. The number of benzene rings is 1. The lowest BCUT2D eigenvalue weighted by Crippen LogP contribution is -2.48. The molecule has 0 spiro atoms. The Morgan fingerprint density at radius 1 is 1.15 bits per heavy atom. The predicted octanol–water partition coefficient (Wildman–Crippen LogP) is 4.31. The van der Waals surface area contributed by atoms with Crippen LogP contribution in [0.25, 0.3) is 0 Å². The molecular formula is C18H27NO. The van der Waals surface area contributed by atoms with Crippen LogP contribution in [0, 0.1) is 11.8 Å². The average molecular weight is 273 g/mol. The van der Waals surface area contributed by atoms with Crippen molar-refractivity contribution in [3.05, 3.63) is 29.8 Å². The van der Waals surface area contributed by atoms with Gasteiger partial charge in [0.2, 0.25) is 0 Å². The molecule has 1 aromatic rings. The minimum atomic E-state index is -0.163. The molecule has 1 aliphatic heterocycles. The monoisotopic (exact) mass is 273 g/mol. The fourth-order valence-corrected chi connectivity index (χ4v) is 3.85. The highest BCUT2D eigenvalue weighted by Crippen LogP contribution is 2.44. The standard InChI is InChI=1S/C18H27NO/c1-12-8-7-10-15(13(12)2)19-17-14-9-5-6-11-16(14)20-18(17,3)4/h5-6,9,11-13,15,17,19H,7-8,10H2,1-4H3. The maximum absolute atomic E-state index is 6.15. The van der Waals surface area contributed by atoms with Gasteiger partial charge in [0.1, 0.15) is 11.4 Å². The second-order valence-electron chi connectivity index (χ2n) is 7.22. The lowest BCUT2D eigenvalue weighted by molar-refractivity contribution is 0.0766. The lowest BCUT2D eigenvalue weighted by atomic mass is 9.77. The maximum atomic E-state index is 6.15. The number of hydrogen-bond donors (Lipinski definition) is 1. The second kappa shape index (κ2) is 5.07. The number of ether oxygens (including phenoxy) is 1. The molecule has 4 unspecified atom stereocenters. The first kappa shape index (κ1) is 13.9. The Kier molecular flexibility index (Phi) is 3.53. The molecule has 2 heteroatoms. The molecule has 1 N–H and O–H groups in total. The summed E-state index contributed by atoms with van der Waals surface area (Å²) in [6.45, 7) is 9.18. The number of para-hydroxylation sites is 1. The summed E-state index contributed by atoms with van der Waals surface area (Å²) in [6.07, 6.45) is 4.01. The molecule has 20 heavy (non-hydrogen) atoms. The van der Waals surface area contributed by atoms with E-state index in [-0.39, 0.29) is 5.60 Å². The van der Waals surface area contributed by atoms with Crippen LogP contribution < -0.4 is 10.1 Å². The summed E-state index contributed by atoms with van der Waals surface area (Å²) in [7, 11) is 0. The van der Waals surface area contributed by atoms with Crippen molar-refractivity contribution in [3.8, 4) is 5.75 Å². The van der Waals surface area contributed by atoms with Gasteiger partial charge >= 0.3 is 0 Å². The van der Waals surface area contributed by atoms with Crippen molar-refractivity contribution >= 4 is 0 Å². The van der Waals surface area contributed by atoms with Crippen molar-refractivity contribution in [2.75, 3.05) is 0 Å². The van der Waals surface area contributed by atoms with Crippen LogP contribution in [0.5, 0.6) is 5.75 Å². The molecule has 0 saturated heterocycles. The summed E-state index contributed by atoms with van der Waals surface area (Å²) in [5.74, 6) is 2.61. The van der Waals surface area contributed by atoms with Crippen molar-refractivity contribution in [2.24, 2.45) is 11.8 Å². The van der Waals surface area contributed by atoms with Crippen molar-refractivity contribution in [2.45, 2.75) is 64.6 Å². The largest absolute Gasteiger partial charge is 0.486 e. The highest BCUT2D eigenvalue weighted by molar-refractivity contribution is 5.42. The Morgan fingerprint density at radius 3 is 2.70 bits per heavy atom. The van der Waals surface area contributed by atoms with Crippen molar-refractivity contribution in [1.82, 2.24) is 5.32 Å². The molecule has 0 radical (unpaired) electrons. The predicted molar refractivity (Wildman–Crippen MR) is 83.0 cm³/mol. The molecule has 2 aliphatic rings. The van der Waals surface area contributed by atoms with E-state index in [4.69, 9.17) is 4.74 Å². The first-order chi connectivity index (χ1) is 9.49. The van der Waals surface area contributed by atoms with Crippen molar-refractivity contribution in [1.29, 1.82) is 0 Å². The maximum Gasteiger partial charge on any atom is 0.125 e. The zero-order valence-electron chi connectivity index (χ0n) is 13.1. The van der Waals surface area contributed by atoms with Gasteiger partial charge in [0.25, 0.3) is 0 Å². The molecule has 1 fully saturated rings. The Bertz CT molecular complexity index is 482. The summed E-state index contributed by atoms with van der Waals surface area (Å²) in [4.78, 5) is 0. The number of rotatable bonds is 2. The quantitative estimate of drug-likeness (QED) is 0.867. The third-order valence-electron chi connectivity index (χ3n) is 5.39. The van der Waals surface area contributed by atoms with Crippen LogP contribution in [0.1, 0.15) is 58.6 Å². The van der Waals surface area contributed by atoms with E-state index in [1.165, 1.54) is 24.8 Å². The molecule has 0 amide bonds. The highest BCUT2D eigenvalue weighted by atomic mass is 16.5. The van der Waals surface area contributed by atoms with Crippen LogP contribution in [-0.2, 0) is 0 Å². The first-order valence-corrected chi connectivity index (χ1v) is 8.03. The first-order valence-electron chi connectivity index (χ1n) is 8.03. The van der Waals surface area contributed by atoms with Gasteiger partial charge in [-0.25, -0.2) is 0 Å². The van der Waals surface area contributed by atoms with E-state index in [1.807, 2.05) is 0 Å². The highest BCUT2D eigenvalue weighted by Gasteiger charge is 2.43. The van der Waals surface area contributed by atoms with Gasteiger partial charge in [0, 0.05) is 11.6 Å². The van der Waals surface area contributed by atoms with E-state index in [0.29, 0.717) is 12.1 Å². The van der Waals surface area contributed by atoms with E-state index in [0.717, 1.165) is 17.6 Å². The fourth-order valence-electron chi connectivity index (χ4n) is 3.85. The second-order valence-corrected chi connectivity index (χ2v) is 7.22. The van der Waals surface area contributed by atoms with Crippen LogP contribution in [0.3, 0.4) is 0 Å². The summed E-state index contributed by atoms with van der Waals surface area (Å²) in [6, 6.07) is 9.38. The molecule has 1 heterocycles. The van der Waals surface area contributed by atoms with Crippen LogP contribution in [0.4, 0.5) is 0 Å². The van der Waals surface area contributed by atoms with Crippen LogP contribution in [-0.4, -0.2) is 11.6 Å². The third kappa shape index (κ3) is 2.35. The topological polar surface area (TPSA) is 21.3 Å². The van der Waals surface area contributed by atoms with E-state index >= 15 is 0 Å². The van der Waals surface area contributed by atoms with Crippen molar-refractivity contribution < 1.29 is 4.74 Å². The van der Waals surface area contributed by atoms with Gasteiger partial charge < -0.3 is 10.1 Å². The smallest absolute Gasteiger partial charge is 0.125 e. The lowest BCUT2D eigenvalue weighted by Gasteiger charge is -2.39. The zero-order chi connectivity index (χ0) is 14.3. The molecule has 2 nitrogen and oxygen atoms in total. The van der Waals surface area contributed by atoms with E-state index in [2.05, 4.69) is 57.3 Å². The Balaban J connectivity index is 1.82. The molecule has 3 rings (SSSR count). The molecule has 4 atom stereocenters.